The van der Waals surface area contributed by atoms with Crippen LogP contribution >= 0.6 is 0 Å². The average molecular weight is 258 g/mol. The summed E-state index contributed by atoms with van der Waals surface area (Å²) in [6.07, 6.45) is 1.02. The quantitative estimate of drug-likeness (QED) is 0.559. The molecule has 1 atom stereocenters. The maximum absolute atomic E-state index is 11.9. The van der Waals surface area contributed by atoms with E-state index in [2.05, 4.69) is 0 Å². The summed E-state index contributed by atoms with van der Waals surface area (Å²) < 4.78 is 5.26. The molecule has 0 bridgehead atoms. The molecule has 1 aromatic rings. The van der Waals surface area contributed by atoms with Crippen LogP contribution < -0.4 is 0 Å². The van der Waals surface area contributed by atoms with Crippen molar-refractivity contribution in [3.05, 3.63) is 35.4 Å². The highest BCUT2D eigenvalue weighted by Gasteiger charge is 2.47. The van der Waals surface area contributed by atoms with Gasteiger partial charge < -0.3 is 9.84 Å². The van der Waals surface area contributed by atoms with Gasteiger partial charge in [-0.3, -0.25) is 9.59 Å². The summed E-state index contributed by atoms with van der Waals surface area (Å²) in [5.41, 5.74) is -0.196. The first-order valence-electron chi connectivity index (χ1n) is 5.77. The van der Waals surface area contributed by atoms with E-state index in [0.29, 0.717) is 11.1 Å². The van der Waals surface area contributed by atoms with Gasteiger partial charge >= 0.3 is 5.97 Å². The molecule has 0 aromatic heterocycles. The molecular weight excluding hydrogens is 248 g/mol. The third-order valence-electron chi connectivity index (χ3n) is 3.47. The molecular formula is C14H10O5. The Morgan fingerprint density at radius 3 is 2.74 bits per heavy atom. The van der Waals surface area contributed by atoms with Gasteiger partial charge in [-0.25, -0.2) is 4.79 Å². The molecule has 2 aliphatic rings. The molecule has 1 aliphatic heterocycles. The van der Waals surface area contributed by atoms with E-state index >= 15 is 0 Å². The number of ether oxygens (including phenoxy) is 1. The van der Waals surface area contributed by atoms with Crippen molar-refractivity contribution in [1.82, 2.24) is 0 Å². The Bertz CT molecular complexity index is 670. The number of benzene rings is 1. The van der Waals surface area contributed by atoms with E-state index in [1.54, 1.807) is 19.1 Å². The summed E-state index contributed by atoms with van der Waals surface area (Å²) in [6.45, 7) is 1.59. The van der Waals surface area contributed by atoms with Gasteiger partial charge in [-0.05, 0) is 19.1 Å². The van der Waals surface area contributed by atoms with Gasteiger partial charge in [0.1, 0.15) is 16.9 Å². The average Bonchev–Trinajstić information content (AvgIpc) is 2.32. The van der Waals surface area contributed by atoms with Crippen molar-refractivity contribution in [2.24, 2.45) is 0 Å². The number of esters is 1. The minimum Gasteiger partial charge on any atom is -0.507 e. The number of phenolic OH excluding ortho intramolecular Hbond substituents is 1. The number of allylic oxidation sites excluding steroid dienone is 1. The molecule has 0 radical (unpaired) electrons. The lowest BCUT2D eigenvalue weighted by Gasteiger charge is -2.38. The Hall–Kier alpha value is -2.43. The summed E-state index contributed by atoms with van der Waals surface area (Å²) in [4.78, 5) is 35.0. The largest absolute Gasteiger partial charge is 0.507 e. The standard InChI is InChI=1S/C14H10O5/c1-14-6-11(17)10(16)5-8(14)7-3-2-4-9(15)12(7)13(18)19-14/h2-5,15H,6H2,1H3. The van der Waals surface area contributed by atoms with Gasteiger partial charge in [-0.2, -0.15) is 0 Å². The van der Waals surface area contributed by atoms with Crippen molar-refractivity contribution >= 4 is 23.1 Å². The van der Waals surface area contributed by atoms with E-state index in [0.717, 1.165) is 0 Å². The number of Topliss-reactive ketones (excluding diaryl/α,β-unsaturated/α-hetero) is 1. The molecule has 5 heteroatoms. The third kappa shape index (κ3) is 1.51. The molecule has 96 valence electrons. The van der Waals surface area contributed by atoms with E-state index in [9.17, 15) is 19.5 Å². The normalized spacial score (nSPS) is 25.3. The fraction of sp³-hybridized carbons (Fsp3) is 0.214. The maximum atomic E-state index is 11.9. The number of hydrogen-bond acceptors (Lipinski definition) is 5. The Labute approximate surface area is 108 Å². The Balaban J connectivity index is 2.31. The molecule has 19 heavy (non-hydrogen) atoms. The van der Waals surface area contributed by atoms with Crippen molar-refractivity contribution in [2.75, 3.05) is 0 Å². The van der Waals surface area contributed by atoms with Gasteiger partial charge in [-0.1, -0.05) is 12.1 Å². The molecule has 0 saturated heterocycles. The molecule has 0 spiro atoms. The second kappa shape index (κ2) is 3.54. The number of rotatable bonds is 0. The van der Waals surface area contributed by atoms with Crippen LogP contribution in [-0.2, 0) is 14.3 Å². The zero-order valence-electron chi connectivity index (χ0n) is 10.1. The Kier molecular flexibility index (Phi) is 2.17. The Morgan fingerprint density at radius 2 is 2.00 bits per heavy atom. The number of phenols is 1. The van der Waals surface area contributed by atoms with Crippen molar-refractivity contribution in [2.45, 2.75) is 18.9 Å². The monoisotopic (exact) mass is 258 g/mol. The fourth-order valence-electron chi connectivity index (χ4n) is 2.54. The lowest BCUT2D eigenvalue weighted by atomic mass is 9.76. The fourth-order valence-corrected chi connectivity index (χ4v) is 2.54. The predicted octanol–water partition coefficient (Wildman–Crippen LogP) is 1.25. The van der Waals surface area contributed by atoms with Crippen LogP contribution in [0.3, 0.4) is 0 Å². The van der Waals surface area contributed by atoms with Gasteiger partial charge in [0.05, 0.1) is 6.42 Å². The second-order valence-electron chi connectivity index (χ2n) is 4.84. The van der Waals surface area contributed by atoms with Crippen molar-refractivity contribution in [3.63, 3.8) is 0 Å². The molecule has 0 amide bonds. The highest BCUT2D eigenvalue weighted by molar-refractivity contribution is 6.44. The molecule has 1 aliphatic carbocycles. The zero-order valence-corrected chi connectivity index (χ0v) is 10.1. The third-order valence-corrected chi connectivity index (χ3v) is 3.47. The summed E-state index contributed by atoms with van der Waals surface area (Å²) >= 11 is 0. The lowest BCUT2D eigenvalue weighted by Crippen LogP contribution is -2.44. The van der Waals surface area contributed by atoms with Gasteiger partial charge in [0.15, 0.2) is 0 Å². The highest BCUT2D eigenvalue weighted by Crippen LogP contribution is 2.44. The van der Waals surface area contributed by atoms with Crippen molar-refractivity contribution < 1.29 is 24.2 Å². The number of carbonyl (C=O) groups excluding carboxylic acids is 3. The van der Waals surface area contributed by atoms with Crippen molar-refractivity contribution in [1.29, 1.82) is 0 Å². The maximum Gasteiger partial charge on any atom is 0.343 e. The van der Waals surface area contributed by atoms with E-state index in [1.807, 2.05) is 0 Å². The SMILES string of the molecule is CC12CC(=O)C(=O)C=C1c1cccc(O)c1C(=O)O2. The molecule has 1 N–H and O–H groups in total. The smallest absolute Gasteiger partial charge is 0.343 e. The second-order valence-corrected chi connectivity index (χ2v) is 4.84. The number of fused-ring (bicyclic) bond motifs is 3. The van der Waals surface area contributed by atoms with Gasteiger partial charge in [-0.15, -0.1) is 0 Å². The predicted molar refractivity (Wildman–Crippen MR) is 64.5 cm³/mol. The first kappa shape index (κ1) is 11.6. The van der Waals surface area contributed by atoms with Crippen LogP contribution in [0, 0.1) is 0 Å². The number of hydrogen-bond donors (Lipinski definition) is 1. The van der Waals surface area contributed by atoms with E-state index in [1.165, 1.54) is 12.1 Å². The van der Waals surface area contributed by atoms with Crippen LogP contribution in [0.4, 0.5) is 0 Å². The summed E-state index contributed by atoms with van der Waals surface area (Å²) in [6, 6.07) is 4.58. The minimum atomic E-state index is -1.14. The van der Waals surface area contributed by atoms with Gasteiger partial charge in [0.25, 0.3) is 0 Å². The van der Waals surface area contributed by atoms with Crippen LogP contribution in [0.25, 0.3) is 5.57 Å². The summed E-state index contributed by atoms with van der Waals surface area (Å²) in [5.74, 6) is -2.08. The molecule has 1 unspecified atom stereocenters. The van der Waals surface area contributed by atoms with E-state index < -0.39 is 23.1 Å². The number of ketones is 2. The Morgan fingerprint density at radius 1 is 1.26 bits per heavy atom. The summed E-state index contributed by atoms with van der Waals surface area (Å²) in [5, 5.41) is 9.74. The minimum absolute atomic E-state index is 0.0355. The molecule has 0 saturated carbocycles. The number of carbonyl (C=O) groups is 3. The van der Waals surface area contributed by atoms with E-state index in [4.69, 9.17) is 4.74 Å². The molecule has 3 rings (SSSR count). The summed E-state index contributed by atoms with van der Waals surface area (Å²) in [7, 11) is 0. The topological polar surface area (TPSA) is 80.7 Å². The van der Waals surface area contributed by atoms with Crippen LogP contribution in [-0.4, -0.2) is 28.2 Å². The molecule has 1 aromatic carbocycles. The van der Waals surface area contributed by atoms with Crippen LogP contribution in [0.5, 0.6) is 5.75 Å². The zero-order chi connectivity index (χ0) is 13.8. The molecule has 1 heterocycles. The molecule has 5 nitrogen and oxygen atoms in total. The van der Waals surface area contributed by atoms with Crippen LogP contribution in [0.1, 0.15) is 29.3 Å². The van der Waals surface area contributed by atoms with Crippen LogP contribution in [0.2, 0.25) is 0 Å². The first-order chi connectivity index (χ1) is 8.92. The van der Waals surface area contributed by atoms with Crippen LogP contribution in [0.15, 0.2) is 24.3 Å². The first-order valence-corrected chi connectivity index (χ1v) is 5.77. The lowest BCUT2D eigenvalue weighted by molar-refractivity contribution is -0.136. The van der Waals surface area contributed by atoms with Gasteiger partial charge in [0, 0.05) is 11.1 Å². The molecule has 0 fully saturated rings. The van der Waals surface area contributed by atoms with Crippen molar-refractivity contribution in [3.8, 4) is 5.75 Å². The number of aromatic hydroxyl groups is 1. The highest BCUT2D eigenvalue weighted by atomic mass is 16.6. The van der Waals surface area contributed by atoms with E-state index in [-0.39, 0.29) is 17.7 Å². The van der Waals surface area contributed by atoms with Gasteiger partial charge in [0.2, 0.25) is 11.6 Å².